The van der Waals surface area contributed by atoms with Crippen LogP contribution in [0.3, 0.4) is 0 Å². The molecule has 0 heterocycles. The molecule has 0 saturated heterocycles. The van der Waals surface area contributed by atoms with Crippen LogP contribution in [0.2, 0.25) is 0 Å². The van der Waals surface area contributed by atoms with Gasteiger partial charge in [0.25, 0.3) is 0 Å². The minimum Gasteiger partial charge on any atom is -0.508 e. The molecule has 1 saturated carbocycles. The Labute approximate surface area is 72.4 Å². The lowest BCUT2D eigenvalue weighted by Crippen LogP contribution is -1.79. The van der Waals surface area contributed by atoms with Gasteiger partial charge in [0, 0.05) is 0 Å². The van der Waals surface area contributed by atoms with E-state index in [0.29, 0.717) is 17.6 Å². The molecule has 1 aliphatic rings. The summed E-state index contributed by atoms with van der Waals surface area (Å²) in [6.45, 7) is 3.76. The predicted octanol–water partition coefficient (Wildman–Crippen LogP) is 2.68. The third kappa shape index (κ3) is 1.22. The van der Waals surface area contributed by atoms with Crippen molar-refractivity contribution >= 4 is 0 Å². The Morgan fingerprint density at radius 2 is 2.33 bits per heavy atom. The Morgan fingerprint density at radius 3 is 2.92 bits per heavy atom. The SMILES string of the molecule is C=CC1CC1c1cccc(O)c1. The van der Waals surface area contributed by atoms with E-state index < -0.39 is 0 Å². The summed E-state index contributed by atoms with van der Waals surface area (Å²) in [4.78, 5) is 0. The number of hydrogen-bond donors (Lipinski definition) is 1. The first-order valence-corrected chi connectivity index (χ1v) is 4.23. The van der Waals surface area contributed by atoms with Gasteiger partial charge in [-0.3, -0.25) is 0 Å². The fourth-order valence-corrected chi connectivity index (χ4v) is 1.61. The van der Waals surface area contributed by atoms with Gasteiger partial charge in [0.15, 0.2) is 0 Å². The highest BCUT2D eigenvalue weighted by Gasteiger charge is 2.35. The molecule has 2 atom stereocenters. The van der Waals surface area contributed by atoms with E-state index in [0.717, 1.165) is 0 Å². The van der Waals surface area contributed by atoms with Gasteiger partial charge in [-0.25, -0.2) is 0 Å². The molecule has 1 heteroatoms. The lowest BCUT2D eigenvalue weighted by atomic mass is 10.1. The summed E-state index contributed by atoms with van der Waals surface area (Å²) >= 11 is 0. The lowest BCUT2D eigenvalue weighted by molar-refractivity contribution is 0.474. The number of hydrogen-bond acceptors (Lipinski definition) is 1. The Balaban J connectivity index is 2.19. The molecule has 1 aromatic rings. The first-order valence-electron chi connectivity index (χ1n) is 4.23. The second-order valence-corrected chi connectivity index (χ2v) is 3.34. The smallest absolute Gasteiger partial charge is 0.115 e. The normalized spacial score (nSPS) is 26.7. The van der Waals surface area contributed by atoms with E-state index in [1.54, 1.807) is 6.07 Å². The third-order valence-electron chi connectivity index (χ3n) is 2.44. The molecule has 1 aromatic carbocycles. The minimum absolute atomic E-state index is 0.363. The molecule has 2 rings (SSSR count). The van der Waals surface area contributed by atoms with E-state index in [1.807, 2.05) is 18.2 Å². The molecule has 0 aliphatic heterocycles. The van der Waals surface area contributed by atoms with Crippen LogP contribution in [0.25, 0.3) is 0 Å². The summed E-state index contributed by atoms with van der Waals surface area (Å²) in [5.74, 6) is 1.60. The van der Waals surface area contributed by atoms with Crippen LogP contribution in [0.15, 0.2) is 36.9 Å². The molecule has 1 nitrogen and oxygen atoms in total. The van der Waals surface area contributed by atoms with Crippen molar-refractivity contribution in [3.8, 4) is 5.75 Å². The number of phenolic OH excluding ortho intramolecular Hbond substituents is 1. The van der Waals surface area contributed by atoms with Crippen molar-refractivity contribution in [3.63, 3.8) is 0 Å². The van der Waals surface area contributed by atoms with Crippen molar-refractivity contribution in [1.82, 2.24) is 0 Å². The van der Waals surface area contributed by atoms with Gasteiger partial charge in [0.1, 0.15) is 5.75 Å². The van der Waals surface area contributed by atoms with Crippen molar-refractivity contribution in [1.29, 1.82) is 0 Å². The molecule has 2 unspecified atom stereocenters. The molecular formula is C11H12O. The Bertz CT molecular complexity index is 304. The zero-order chi connectivity index (χ0) is 8.55. The summed E-state index contributed by atoms with van der Waals surface area (Å²) in [7, 11) is 0. The van der Waals surface area contributed by atoms with Gasteiger partial charge >= 0.3 is 0 Å². The van der Waals surface area contributed by atoms with Crippen molar-refractivity contribution in [3.05, 3.63) is 42.5 Å². The molecule has 1 N–H and O–H groups in total. The quantitative estimate of drug-likeness (QED) is 0.659. The highest BCUT2D eigenvalue weighted by Crippen LogP contribution is 2.48. The molecular weight excluding hydrogens is 148 g/mol. The van der Waals surface area contributed by atoms with Crippen molar-refractivity contribution in [2.24, 2.45) is 5.92 Å². The first-order chi connectivity index (χ1) is 5.81. The standard InChI is InChI=1S/C11H12O/c1-2-8-7-11(8)9-4-3-5-10(12)6-9/h2-6,8,11-12H,1,7H2. The summed E-state index contributed by atoms with van der Waals surface area (Å²) in [6.07, 6.45) is 3.18. The van der Waals surface area contributed by atoms with Crippen LogP contribution in [-0.4, -0.2) is 5.11 Å². The Hall–Kier alpha value is -1.24. The zero-order valence-corrected chi connectivity index (χ0v) is 6.90. The van der Waals surface area contributed by atoms with Gasteiger partial charge in [0.05, 0.1) is 0 Å². The second-order valence-electron chi connectivity index (χ2n) is 3.34. The maximum atomic E-state index is 9.22. The Kier molecular flexibility index (Phi) is 1.65. The predicted molar refractivity (Wildman–Crippen MR) is 49.2 cm³/mol. The van der Waals surface area contributed by atoms with Crippen LogP contribution in [0.5, 0.6) is 5.75 Å². The highest BCUT2D eigenvalue weighted by molar-refractivity contribution is 5.34. The van der Waals surface area contributed by atoms with Gasteiger partial charge in [-0.15, -0.1) is 6.58 Å². The maximum absolute atomic E-state index is 9.22. The number of phenols is 1. The van der Waals surface area contributed by atoms with Crippen LogP contribution < -0.4 is 0 Å². The highest BCUT2D eigenvalue weighted by atomic mass is 16.3. The van der Waals surface area contributed by atoms with Crippen molar-refractivity contribution < 1.29 is 5.11 Å². The number of aromatic hydroxyl groups is 1. The average Bonchev–Trinajstić information content (AvgIpc) is 2.83. The molecule has 0 spiro atoms. The maximum Gasteiger partial charge on any atom is 0.115 e. The van der Waals surface area contributed by atoms with Gasteiger partial charge in [0.2, 0.25) is 0 Å². The number of rotatable bonds is 2. The van der Waals surface area contributed by atoms with Crippen molar-refractivity contribution in [2.45, 2.75) is 12.3 Å². The van der Waals surface area contributed by atoms with Gasteiger partial charge in [-0.2, -0.15) is 0 Å². The van der Waals surface area contributed by atoms with Gasteiger partial charge in [-0.1, -0.05) is 18.2 Å². The first kappa shape index (κ1) is 7.41. The minimum atomic E-state index is 0.363. The van der Waals surface area contributed by atoms with E-state index in [2.05, 4.69) is 12.6 Å². The zero-order valence-electron chi connectivity index (χ0n) is 6.90. The van der Waals surface area contributed by atoms with Crippen LogP contribution in [0.4, 0.5) is 0 Å². The average molecular weight is 160 g/mol. The van der Waals surface area contributed by atoms with E-state index >= 15 is 0 Å². The summed E-state index contributed by atoms with van der Waals surface area (Å²) < 4.78 is 0. The van der Waals surface area contributed by atoms with Gasteiger partial charge in [-0.05, 0) is 36.0 Å². The van der Waals surface area contributed by atoms with Crippen molar-refractivity contribution in [2.75, 3.05) is 0 Å². The molecule has 0 bridgehead atoms. The topological polar surface area (TPSA) is 20.2 Å². The molecule has 12 heavy (non-hydrogen) atoms. The molecule has 0 radical (unpaired) electrons. The third-order valence-corrected chi connectivity index (χ3v) is 2.44. The lowest BCUT2D eigenvalue weighted by Gasteiger charge is -1.98. The van der Waals surface area contributed by atoms with Crippen LogP contribution in [-0.2, 0) is 0 Å². The molecule has 62 valence electrons. The molecule has 1 aliphatic carbocycles. The Morgan fingerprint density at radius 1 is 1.50 bits per heavy atom. The molecule has 0 aromatic heterocycles. The summed E-state index contributed by atoms with van der Waals surface area (Å²) in [5.41, 5.74) is 1.24. The number of allylic oxidation sites excluding steroid dienone is 1. The molecule has 0 amide bonds. The fourth-order valence-electron chi connectivity index (χ4n) is 1.61. The fraction of sp³-hybridized carbons (Fsp3) is 0.273. The van der Waals surface area contributed by atoms with E-state index in [1.165, 1.54) is 12.0 Å². The monoisotopic (exact) mass is 160 g/mol. The summed E-state index contributed by atoms with van der Waals surface area (Å²) in [5, 5.41) is 9.22. The summed E-state index contributed by atoms with van der Waals surface area (Å²) in [6, 6.07) is 7.50. The van der Waals surface area contributed by atoms with E-state index in [4.69, 9.17) is 0 Å². The van der Waals surface area contributed by atoms with E-state index in [-0.39, 0.29) is 0 Å². The second kappa shape index (κ2) is 2.67. The number of benzene rings is 1. The molecule has 1 fully saturated rings. The largest absolute Gasteiger partial charge is 0.508 e. The van der Waals surface area contributed by atoms with E-state index in [9.17, 15) is 5.11 Å². The van der Waals surface area contributed by atoms with Crippen LogP contribution >= 0.6 is 0 Å². The van der Waals surface area contributed by atoms with Crippen LogP contribution in [0, 0.1) is 5.92 Å². The van der Waals surface area contributed by atoms with Crippen LogP contribution in [0.1, 0.15) is 17.9 Å². The van der Waals surface area contributed by atoms with Gasteiger partial charge < -0.3 is 5.11 Å².